The Morgan fingerprint density at radius 3 is 2.89 bits per heavy atom. The van der Waals surface area contributed by atoms with E-state index in [4.69, 9.17) is 5.11 Å². The van der Waals surface area contributed by atoms with Crippen LogP contribution in [0.25, 0.3) is 0 Å². The van der Waals surface area contributed by atoms with E-state index in [1.165, 1.54) is 16.8 Å². The molecule has 0 saturated heterocycles. The molecule has 0 radical (unpaired) electrons. The second-order valence-corrected chi connectivity index (χ2v) is 4.19. The summed E-state index contributed by atoms with van der Waals surface area (Å²) in [5.74, 6) is -0.387. The summed E-state index contributed by atoms with van der Waals surface area (Å²) in [5.41, 5.74) is -0.0267. The van der Waals surface area contributed by atoms with Crippen LogP contribution in [-0.2, 0) is 6.54 Å². The largest absolute Gasteiger partial charge is 0.394 e. The number of aliphatic hydroxyl groups excluding tert-OH is 1. The fourth-order valence-electron chi connectivity index (χ4n) is 1.38. The van der Waals surface area contributed by atoms with Crippen molar-refractivity contribution in [2.24, 2.45) is 0 Å². The average Bonchev–Trinajstić information content (AvgIpc) is 2.37. The minimum Gasteiger partial charge on any atom is -0.394 e. The van der Waals surface area contributed by atoms with Gasteiger partial charge in [0.2, 0.25) is 0 Å². The first-order chi connectivity index (χ1) is 8.58. The zero-order valence-corrected chi connectivity index (χ0v) is 10.7. The van der Waals surface area contributed by atoms with Gasteiger partial charge < -0.3 is 10.4 Å². The van der Waals surface area contributed by atoms with Gasteiger partial charge >= 0.3 is 0 Å². The van der Waals surface area contributed by atoms with Crippen molar-refractivity contribution in [2.45, 2.75) is 39.3 Å². The van der Waals surface area contributed by atoms with E-state index in [0.717, 1.165) is 12.8 Å². The lowest BCUT2D eigenvalue weighted by Crippen LogP contribution is -2.36. The Labute approximate surface area is 106 Å². The summed E-state index contributed by atoms with van der Waals surface area (Å²) in [6, 6.07) is 2.39. The molecule has 1 aromatic heterocycles. The second kappa shape index (κ2) is 6.90. The molecular formula is C12H19N3O3. The molecular weight excluding hydrogens is 234 g/mol. The minimum absolute atomic E-state index is 0.138. The van der Waals surface area contributed by atoms with Crippen LogP contribution < -0.4 is 10.9 Å². The first-order valence-electron chi connectivity index (χ1n) is 6.08. The third-order valence-corrected chi connectivity index (χ3v) is 2.47. The number of aromatic nitrogens is 2. The lowest BCUT2D eigenvalue weighted by molar-refractivity contribution is 0.0914. The number of hydrogen-bond acceptors (Lipinski definition) is 4. The van der Waals surface area contributed by atoms with Crippen molar-refractivity contribution in [1.82, 2.24) is 15.1 Å². The Balaban J connectivity index is 2.83. The number of carbonyl (C=O) groups excluding carboxylic acids is 1. The van der Waals surface area contributed by atoms with Gasteiger partial charge in [-0.3, -0.25) is 9.59 Å². The van der Waals surface area contributed by atoms with Crippen LogP contribution in [0.15, 0.2) is 16.9 Å². The molecule has 1 atom stereocenters. The van der Waals surface area contributed by atoms with E-state index in [2.05, 4.69) is 10.4 Å². The summed E-state index contributed by atoms with van der Waals surface area (Å²) >= 11 is 0. The second-order valence-electron chi connectivity index (χ2n) is 4.19. The number of hydrogen-bond donors (Lipinski definition) is 2. The summed E-state index contributed by atoms with van der Waals surface area (Å²) in [7, 11) is 0. The summed E-state index contributed by atoms with van der Waals surface area (Å²) in [6.07, 6.45) is 1.79. The molecule has 6 heteroatoms. The van der Waals surface area contributed by atoms with Gasteiger partial charge in [0, 0.05) is 18.7 Å². The summed E-state index contributed by atoms with van der Waals surface area (Å²) < 4.78 is 1.29. The van der Waals surface area contributed by atoms with E-state index in [0.29, 0.717) is 6.54 Å². The van der Waals surface area contributed by atoms with Crippen LogP contribution in [0.2, 0.25) is 0 Å². The molecule has 0 aliphatic heterocycles. The molecule has 1 heterocycles. The van der Waals surface area contributed by atoms with E-state index in [9.17, 15) is 9.59 Å². The van der Waals surface area contributed by atoms with Gasteiger partial charge in [0.05, 0.1) is 6.61 Å². The summed E-state index contributed by atoms with van der Waals surface area (Å²) in [4.78, 5) is 23.3. The Morgan fingerprint density at radius 2 is 2.28 bits per heavy atom. The molecule has 1 rings (SSSR count). The maximum atomic E-state index is 11.8. The van der Waals surface area contributed by atoms with E-state index in [1.807, 2.05) is 6.92 Å². The number of aryl methyl sites for hydroxylation is 1. The van der Waals surface area contributed by atoms with Gasteiger partial charge in [-0.25, -0.2) is 4.68 Å². The van der Waals surface area contributed by atoms with Crippen molar-refractivity contribution in [1.29, 1.82) is 0 Å². The van der Waals surface area contributed by atoms with Crippen molar-refractivity contribution >= 4 is 5.91 Å². The number of amides is 1. The molecule has 100 valence electrons. The maximum Gasteiger partial charge on any atom is 0.272 e. The molecule has 0 bridgehead atoms. The molecule has 0 saturated carbocycles. The van der Waals surface area contributed by atoms with Crippen LogP contribution in [0, 0.1) is 0 Å². The lowest BCUT2D eigenvalue weighted by Gasteiger charge is -2.11. The van der Waals surface area contributed by atoms with Gasteiger partial charge in [-0.05, 0) is 19.4 Å². The van der Waals surface area contributed by atoms with Crippen LogP contribution >= 0.6 is 0 Å². The molecule has 0 aliphatic rings. The van der Waals surface area contributed by atoms with Gasteiger partial charge in [0.1, 0.15) is 5.69 Å². The van der Waals surface area contributed by atoms with Crippen LogP contribution in [-0.4, -0.2) is 33.4 Å². The highest BCUT2D eigenvalue weighted by Gasteiger charge is 2.11. The Bertz CT molecular complexity index is 456. The van der Waals surface area contributed by atoms with Gasteiger partial charge in [-0.1, -0.05) is 13.3 Å². The standard InChI is InChI=1S/C12H19N3O3/c1-3-4-7-15-11(17)6-5-10(14-15)12(18)13-9(2)8-16/h5-6,9,16H,3-4,7-8H2,1-2H3,(H,13,18)/t9-/m0/s1. The van der Waals surface area contributed by atoms with E-state index < -0.39 is 0 Å². The molecule has 0 aliphatic carbocycles. The monoisotopic (exact) mass is 253 g/mol. The number of nitrogens with one attached hydrogen (secondary N) is 1. The van der Waals surface area contributed by atoms with Crippen molar-refractivity contribution in [2.75, 3.05) is 6.61 Å². The molecule has 2 N–H and O–H groups in total. The van der Waals surface area contributed by atoms with E-state index in [1.54, 1.807) is 6.92 Å². The average molecular weight is 253 g/mol. The molecule has 18 heavy (non-hydrogen) atoms. The van der Waals surface area contributed by atoms with E-state index in [-0.39, 0.29) is 29.8 Å². The van der Waals surface area contributed by atoms with Crippen LogP contribution in [0.3, 0.4) is 0 Å². The van der Waals surface area contributed by atoms with Crippen LogP contribution in [0.5, 0.6) is 0 Å². The Kier molecular flexibility index (Phi) is 5.51. The number of nitrogens with zero attached hydrogens (tertiary/aromatic N) is 2. The van der Waals surface area contributed by atoms with Gasteiger partial charge in [-0.2, -0.15) is 5.10 Å². The minimum atomic E-state index is -0.387. The molecule has 0 spiro atoms. The normalized spacial score (nSPS) is 12.2. The number of unbranched alkanes of at least 4 members (excludes halogenated alkanes) is 1. The highest BCUT2D eigenvalue weighted by molar-refractivity contribution is 5.92. The third kappa shape index (κ3) is 3.96. The van der Waals surface area contributed by atoms with E-state index >= 15 is 0 Å². The number of aliphatic hydroxyl groups is 1. The van der Waals surface area contributed by atoms with Crippen molar-refractivity contribution in [3.63, 3.8) is 0 Å². The number of carbonyl (C=O) groups is 1. The molecule has 1 amide bonds. The molecule has 0 aromatic carbocycles. The lowest BCUT2D eigenvalue weighted by atomic mass is 10.3. The molecule has 6 nitrogen and oxygen atoms in total. The Morgan fingerprint density at radius 1 is 1.56 bits per heavy atom. The summed E-state index contributed by atoms with van der Waals surface area (Å²) in [6.45, 7) is 4.07. The van der Waals surface area contributed by atoms with Crippen LogP contribution in [0.1, 0.15) is 37.2 Å². The maximum absolute atomic E-state index is 11.8. The smallest absolute Gasteiger partial charge is 0.272 e. The quantitative estimate of drug-likeness (QED) is 0.756. The predicted octanol–water partition coefficient (Wildman–Crippen LogP) is 0.154. The molecule has 0 unspecified atom stereocenters. The first-order valence-corrected chi connectivity index (χ1v) is 6.08. The molecule has 0 fully saturated rings. The highest BCUT2D eigenvalue weighted by Crippen LogP contribution is 1.95. The van der Waals surface area contributed by atoms with Crippen LogP contribution in [0.4, 0.5) is 0 Å². The fraction of sp³-hybridized carbons (Fsp3) is 0.583. The predicted molar refractivity (Wildman–Crippen MR) is 67.4 cm³/mol. The van der Waals surface area contributed by atoms with Crippen molar-refractivity contribution in [3.05, 3.63) is 28.2 Å². The topological polar surface area (TPSA) is 84.2 Å². The fourth-order valence-corrected chi connectivity index (χ4v) is 1.38. The van der Waals surface area contributed by atoms with Gasteiger partial charge in [0.25, 0.3) is 11.5 Å². The zero-order valence-electron chi connectivity index (χ0n) is 10.7. The number of rotatable bonds is 6. The van der Waals surface area contributed by atoms with Gasteiger partial charge in [-0.15, -0.1) is 0 Å². The molecule has 1 aromatic rings. The van der Waals surface area contributed by atoms with Crippen molar-refractivity contribution in [3.8, 4) is 0 Å². The summed E-state index contributed by atoms with van der Waals surface area (Å²) in [5, 5.41) is 15.4. The Hall–Kier alpha value is -1.69. The first kappa shape index (κ1) is 14.4. The van der Waals surface area contributed by atoms with Gasteiger partial charge in [0.15, 0.2) is 0 Å². The SMILES string of the molecule is CCCCn1nc(C(=O)N[C@@H](C)CO)ccc1=O. The highest BCUT2D eigenvalue weighted by atomic mass is 16.3. The third-order valence-electron chi connectivity index (χ3n) is 2.47. The zero-order chi connectivity index (χ0) is 13.5. The van der Waals surface area contributed by atoms with Crippen molar-refractivity contribution < 1.29 is 9.90 Å².